The molecule has 3 atom stereocenters. The molecule has 1 aliphatic carbocycles. The van der Waals surface area contributed by atoms with E-state index in [1.54, 1.807) is 7.11 Å². The first-order valence-corrected chi connectivity index (χ1v) is 8.22. The molecule has 1 N–H and O–H groups in total. The van der Waals surface area contributed by atoms with Crippen LogP contribution in [-0.4, -0.2) is 35.7 Å². The fourth-order valence-electron chi connectivity index (χ4n) is 4.16. The van der Waals surface area contributed by atoms with Crippen LogP contribution < -0.4 is 4.74 Å². The van der Waals surface area contributed by atoms with Gasteiger partial charge >= 0.3 is 0 Å². The number of hydrogen-bond acceptors (Lipinski definition) is 3. The SMILES string of the molecule is COc1ccc2c(c1)C(O)C(N1CCCC1C(C)C)CC2. The van der Waals surface area contributed by atoms with E-state index >= 15 is 0 Å². The quantitative estimate of drug-likeness (QED) is 0.928. The van der Waals surface area contributed by atoms with Gasteiger partial charge in [-0.15, -0.1) is 0 Å². The van der Waals surface area contributed by atoms with Crippen LogP contribution in [0.1, 0.15) is 50.3 Å². The molecule has 2 aliphatic rings. The van der Waals surface area contributed by atoms with Gasteiger partial charge in [-0.1, -0.05) is 19.9 Å². The van der Waals surface area contributed by atoms with Gasteiger partial charge in [0.15, 0.2) is 0 Å². The molecule has 3 unspecified atom stereocenters. The minimum absolute atomic E-state index is 0.263. The van der Waals surface area contributed by atoms with Crippen LogP contribution in [-0.2, 0) is 6.42 Å². The van der Waals surface area contributed by atoms with E-state index in [9.17, 15) is 5.11 Å². The average Bonchev–Trinajstić information content (AvgIpc) is 2.97. The Morgan fingerprint density at radius 3 is 2.81 bits per heavy atom. The first-order chi connectivity index (χ1) is 10.1. The van der Waals surface area contributed by atoms with Gasteiger partial charge in [0.25, 0.3) is 0 Å². The lowest BCUT2D eigenvalue weighted by atomic mass is 9.84. The van der Waals surface area contributed by atoms with Crippen LogP contribution in [0.15, 0.2) is 18.2 Å². The van der Waals surface area contributed by atoms with Crippen LogP contribution in [0.25, 0.3) is 0 Å². The first-order valence-electron chi connectivity index (χ1n) is 8.22. The maximum Gasteiger partial charge on any atom is 0.119 e. The highest BCUT2D eigenvalue weighted by atomic mass is 16.5. The zero-order valence-electron chi connectivity index (χ0n) is 13.4. The van der Waals surface area contributed by atoms with Crippen LogP contribution in [0.3, 0.4) is 0 Å². The van der Waals surface area contributed by atoms with E-state index < -0.39 is 0 Å². The number of likely N-dealkylation sites (tertiary alicyclic amines) is 1. The summed E-state index contributed by atoms with van der Waals surface area (Å²) in [6.45, 7) is 5.73. The third kappa shape index (κ3) is 2.69. The Kier molecular flexibility index (Phi) is 4.23. The molecule has 116 valence electrons. The summed E-state index contributed by atoms with van der Waals surface area (Å²) < 4.78 is 5.32. The zero-order valence-corrected chi connectivity index (χ0v) is 13.4. The second-order valence-corrected chi connectivity index (χ2v) is 6.81. The Morgan fingerprint density at radius 2 is 2.10 bits per heavy atom. The molecule has 3 heteroatoms. The molecule has 1 saturated heterocycles. The average molecular weight is 289 g/mol. The van der Waals surface area contributed by atoms with E-state index in [1.807, 2.05) is 12.1 Å². The smallest absolute Gasteiger partial charge is 0.119 e. The summed E-state index contributed by atoms with van der Waals surface area (Å²) in [5.74, 6) is 1.50. The fourth-order valence-corrected chi connectivity index (χ4v) is 4.16. The van der Waals surface area contributed by atoms with Crippen LogP contribution in [0, 0.1) is 5.92 Å². The van der Waals surface area contributed by atoms with Crippen molar-refractivity contribution in [3.8, 4) is 5.75 Å². The molecule has 1 aromatic carbocycles. The molecule has 0 amide bonds. The van der Waals surface area contributed by atoms with Crippen LogP contribution >= 0.6 is 0 Å². The Morgan fingerprint density at radius 1 is 1.29 bits per heavy atom. The van der Waals surface area contributed by atoms with Gasteiger partial charge in [0.2, 0.25) is 0 Å². The van der Waals surface area contributed by atoms with Crippen molar-refractivity contribution in [1.82, 2.24) is 4.90 Å². The number of fused-ring (bicyclic) bond motifs is 1. The number of aryl methyl sites for hydroxylation is 1. The second kappa shape index (κ2) is 5.98. The molecular weight excluding hydrogens is 262 g/mol. The van der Waals surface area contributed by atoms with Gasteiger partial charge in [0.1, 0.15) is 5.75 Å². The van der Waals surface area contributed by atoms with Gasteiger partial charge in [-0.05, 0) is 61.4 Å². The molecule has 1 aromatic rings. The van der Waals surface area contributed by atoms with Crippen molar-refractivity contribution in [2.24, 2.45) is 5.92 Å². The predicted octanol–water partition coefficient (Wildman–Crippen LogP) is 3.16. The van der Waals surface area contributed by atoms with Crippen molar-refractivity contribution in [3.05, 3.63) is 29.3 Å². The predicted molar refractivity (Wildman–Crippen MR) is 84.6 cm³/mol. The molecule has 0 bridgehead atoms. The third-order valence-corrected chi connectivity index (χ3v) is 5.28. The first kappa shape index (κ1) is 14.9. The number of benzene rings is 1. The molecule has 0 saturated carbocycles. The summed E-state index contributed by atoms with van der Waals surface area (Å²) in [5, 5.41) is 10.9. The van der Waals surface area contributed by atoms with Gasteiger partial charge in [-0.3, -0.25) is 4.90 Å². The summed E-state index contributed by atoms with van der Waals surface area (Å²) in [5.41, 5.74) is 2.35. The molecule has 3 nitrogen and oxygen atoms in total. The zero-order chi connectivity index (χ0) is 15.0. The Balaban J connectivity index is 1.86. The Hall–Kier alpha value is -1.06. The van der Waals surface area contributed by atoms with E-state index in [1.165, 1.54) is 18.4 Å². The van der Waals surface area contributed by atoms with E-state index in [0.717, 1.165) is 30.7 Å². The van der Waals surface area contributed by atoms with Crippen molar-refractivity contribution in [3.63, 3.8) is 0 Å². The van der Waals surface area contributed by atoms with Crippen LogP contribution in [0.5, 0.6) is 5.75 Å². The Bertz CT molecular complexity index is 500. The van der Waals surface area contributed by atoms with Gasteiger partial charge in [-0.2, -0.15) is 0 Å². The lowest BCUT2D eigenvalue weighted by Gasteiger charge is -2.41. The van der Waals surface area contributed by atoms with E-state index in [4.69, 9.17) is 4.74 Å². The van der Waals surface area contributed by atoms with Gasteiger partial charge in [-0.25, -0.2) is 0 Å². The number of methoxy groups -OCH3 is 1. The monoisotopic (exact) mass is 289 g/mol. The second-order valence-electron chi connectivity index (χ2n) is 6.81. The highest BCUT2D eigenvalue weighted by molar-refractivity contribution is 5.39. The molecule has 0 aromatic heterocycles. The molecule has 3 rings (SSSR count). The summed E-state index contributed by atoms with van der Waals surface area (Å²) >= 11 is 0. The van der Waals surface area contributed by atoms with Gasteiger partial charge in [0.05, 0.1) is 13.2 Å². The van der Waals surface area contributed by atoms with Crippen LogP contribution in [0.4, 0.5) is 0 Å². The fraction of sp³-hybridized carbons (Fsp3) is 0.667. The lowest BCUT2D eigenvalue weighted by Crippen LogP contribution is -2.46. The molecule has 21 heavy (non-hydrogen) atoms. The standard InChI is InChI=1S/C18H27NO2/c1-12(2)16-5-4-10-19(16)17-9-7-13-6-8-14(21-3)11-15(13)18(17)20/h6,8,11-12,16-18,20H,4-5,7,9-10H2,1-3H3. The van der Waals surface area contributed by atoms with E-state index in [2.05, 4.69) is 24.8 Å². The van der Waals surface area contributed by atoms with Crippen molar-refractivity contribution < 1.29 is 9.84 Å². The maximum absolute atomic E-state index is 10.9. The van der Waals surface area contributed by atoms with Gasteiger partial charge in [0, 0.05) is 12.1 Å². The lowest BCUT2D eigenvalue weighted by molar-refractivity contribution is 0.0192. The molecule has 1 aliphatic heterocycles. The van der Waals surface area contributed by atoms with Crippen molar-refractivity contribution >= 4 is 0 Å². The molecule has 0 radical (unpaired) electrons. The number of hydrogen-bond donors (Lipinski definition) is 1. The maximum atomic E-state index is 10.9. The molecule has 1 heterocycles. The minimum Gasteiger partial charge on any atom is -0.497 e. The van der Waals surface area contributed by atoms with Crippen molar-refractivity contribution in [2.75, 3.05) is 13.7 Å². The summed E-state index contributed by atoms with van der Waals surface area (Å²) in [4.78, 5) is 2.57. The normalized spacial score (nSPS) is 29.7. The number of nitrogens with zero attached hydrogens (tertiary/aromatic N) is 1. The largest absolute Gasteiger partial charge is 0.497 e. The summed E-state index contributed by atoms with van der Waals surface area (Å²) in [7, 11) is 1.68. The Labute approximate surface area is 127 Å². The van der Waals surface area contributed by atoms with Crippen LogP contribution in [0.2, 0.25) is 0 Å². The van der Waals surface area contributed by atoms with Gasteiger partial charge < -0.3 is 9.84 Å². The highest BCUT2D eigenvalue weighted by Gasteiger charge is 2.38. The third-order valence-electron chi connectivity index (χ3n) is 5.28. The summed E-state index contributed by atoms with van der Waals surface area (Å²) in [6.07, 6.45) is 4.26. The highest BCUT2D eigenvalue weighted by Crippen LogP contribution is 2.38. The van der Waals surface area contributed by atoms with Crippen molar-refractivity contribution in [1.29, 1.82) is 0 Å². The number of aliphatic hydroxyl groups excluding tert-OH is 1. The summed E-state index contributed by atoms with van der Waals surface area (Å²) in [6, 6.07) is 7.01. The molecular formula is C18H27NO2. The minimum atomic E-state index is -0.386. The number of aliphatic hydroxyl groups is 1. The van der Waals surface area contributed by atoms with E-state index in [0.29, 0.717) is 12.0 Å². The number of rotatable bonds is 3. The van der Waals surface area contributed by atoms with E-state index in [-0.39, 0.29) is 12.1 Å². The number of ether oxygens (including phenoxy) is 1. The van der Waals surface area contributed by atoms with Crippen molar-refractivity contribution in [2.45, 2.75) is 57.7 Å². The topological polar surface area (TPSA) is 32.7 Å². The molecule has 1 fully saturated rings. The molecule has 0 spiro atoms.